The fourth-order valence-corrected chi connectivity index (χ4v) is 2.05. The molecule has 0 aliphatic rings. The lowest BCUT2D eigenvalue weighted by atomic mass is 10.2. The zero-order chi connectivity index (χ0) is 14.7. The van der Waals surface area contributed by atoms with Crippen molar-refractivity contribution in [2.45, 2.75) is 20.4 Å². The monoisotopic (exact) mass is 279 g/mol. The maximum absolute atomic E-state index is 4.35. The molecule has 0 aliphatic carbocycles. The Balaban J connectivity index is 1.73. The maximum atomic E-state index is 4.35. The van der Waals surface area contributed by atoms with E-state index in [1.54, 1.807) is 0 Å². The number of nitrogens with zero attached hydrogens (tertiary/aromatic N) is 3. The van der Waals surface area contributed by atoms with Crippen molar-refractivity contribution >= 4 is 5.69 Å². The van der Waals surface area contributed by atoms with Gasteiger partial charge in [0.05, 0.1) is 0 Å². The van der Waals surface area contributed by atoms with E-state index in [1.807, 2.05) is 50.4 Å². The number of hydrogen-bond acceptors (Lipinski definition) is 4. The Morgan fingerprint density at radius 3 is 2.76 bits per heavy atom. The second-order valence-corrected chi connectivity index (χ2v) is 4.99. The van der Waals surface area contributed by atoms with Gasteiger partial charge < -0.3 is 5.32 Å². The molecule has 0 atom stereocenters. The van der Waals surface area contributed by atoms with Gasteiger partial charge in [0.25, 0.3) is 0 Å². The van der Waals surface area contributed by atoms with Gasteiger partial charge in [0.1, 0.15) is 5.82 Å². The van der Waals surface area contributed by atoms with Gasteiger partial charge in [0.15, 0.2) is 5.82 Å². The predicted molar refractivity (Wildman–Crippen MR) is 82.9 cm³/mol. The molecule has 5 nitrogen and oxygen atoms in total. The third kappa shape index (κ3) is 3.25. The van der Waals surface area contributed by atoms with Crippen LogP contribution in [0, 0.1) is 13.8 Å². The number of aryl methyl sites for hydroxylation is 2. The van der Waals surface area contributed by atoms with Crippen LogP contribution in [0.5, 0.6) is 0 Å². The molecule has 0 aliphatic heterocycles. The average molecular weight is 279 g/mol. The lowest BCUT2D eigenvalue weighted by Crippen LogP contribution is -2.00. The molecule has 2 aromatic heterocycles. The van der Waals surface area contributed by atoms with Crippen molar-refractivity contribution in [1.29, 1.82) is 0 Å². The number of rotatable bonds is 4. The fourth-order valence-electron chi connectivity index (χ4n) is 2.05. The van der Waals surface area contributed by atoms with Gasteiger partial charge >= 0.3 is 0 Å². The zero-order valence-corrected chi connectivity index (χ0v) is 12.1. The summed E-state index contributed by atoms with van der Waals surface area (Å²) >= 11 is 0. The van der Waals surface area contributed by atoms with Gasteiger partial charge in [-0.15, -0.1) is 0 Å². The van der Waals surface area contributed by atoms with Crippen molar-refractivity contribution in [3.8, 4) is 11.4 Å². The van der Waals surface area contributed by atoms with E-state index in [-0.39, 0.29) is 0 Å². The van der Waals surface area contributed by atoms with Gasteiger partial charge in [0.2, 0.25) is 0 Å². The average Bonchev–Trinajstić information content (AvgIpc) is 2.94. The molecule has 3 rings (SSSR count). The molecule has 0 unspecified atom stereocenters. The minimum atomic E-state index is 0.716. The second kappa shape index (κ2) is 5.75. The highest BCUT2D eigenvalue weighted by molar-refractivity contribution is 5.62. The number of hydrogen-bond donors (Lipinski definition) is 2. The van der Waals surface area contributed by atoms with Gasteiger partial charge in [-0.3, -0.25) is 10.1 Å². The first-order valence-electron chi connectivity index (χ1n) is 6.85. The molecular formula is C16H17N5. The lowest BCUT2D eigenvalue weighted by Gasteiger charge is -2.07. The first-order valence-corrected chi connectivity index (χ1v) is 6.85. The molecule has 5 heteroatoms. The van der Waals surface area contributed by atoms with Crippen molar-refractivity contribution < 1.29 is 0 Å². The molecule has 3 aromatic rings. The van der Waals surface area contributed by atoms with Gasteiger partial charge in [-0.05, 0) is 37.6 Å². The summed E-state index contributed by atoms with van der Waals surface area (Å²) in [5, 5.41) is 10.4. The van der Waals surface area contributed by atoms with Crippen LogP contribution in [0.15, 0.2) is 42.6 Å². The van der Waals surface area contributed by atoms with Crippen LogP contribution in [0.4, 0.5) is 5.69 Å². The Hall–Kier alpha value is -2.69. The Bertz CT molecular complexity index is 730. The summed E-state index contributed by atoms with van der Waals surface area (Å²) < 4.78 is 0. The van der Waals surface area contributed by atoms with E-state index in [1.165, 1.54) is 0 Å². The van der Waals surface area contributed by atoms with Gasteiger partial charge in [-0.1, -0.05) is 18.2 Å². The van der Waals surface area contributed by atoms with Gasteiger partial charge in [0, 0.05) is 29.7 Å². The lowest BCUT2D eigenvalue weighted by molar-refractivity contribution is 1.04. The summed E-state index contributed by atoms with van der Waals surface area (Å²) in [6.07, 6.45) is 1.89. The number of aromatic nitrogens is 4. The summed E-state index contributed by atoms with van der Waals surface area (Å²) in [5.41, 5.74) is 4.21. The van der Waals surface area contributed by atoms with Crippen LogP contribution in [0.2, 0.25) is 0 Å². The summed E-state index contributed by atoms with van der Waals surface area (Å²) in [6.45, 7) is 4.62. The molecule has 0 amide bonds. The minimum absolute atomic E-state index is 0.716. The Morgan fingerprint density at radius 2 is 2.05 bits per heavy atom. The second-order valence-electron chi connectivity index (χ2n) is 4.99. The number of aromatic amines is 1. The van der Waals surface area contributed by atoms with Crippen molar-refractivity contribution in [1.82, 2.24) is 20.2 Å². The van der Waals surface area contributed by atoms with Crippen LogP contribution in [0.1, 0.15) is 17.1 Å². The van der Waals surface area contributed by atoms with E-state index in [9.17, 15) is 0 Å². The molecule has 2 N–H and O–H groups in total. The minimum Gasteiger partial charge on any atom is -0.381 e. The smallest absolute Gasteiger partial charge is 0.181 e. The fraction of sp³-hybridized carbons (Fsp3) is 0.188. The number of pyridine rings is 1. The third-order valence-electron chi connectivity index (χ3n) is 3.19. The standard InChI is InChI=1S/C16H17N5/c1-11-6-7-13(9-17-11)10-18-15-5-3-4-14(8-15)16-19-12(2)20-21-16/h3-9,18H,10H2,1-2H3,(H,19,20,21). The summed E-state index contributed by atoms with van der Waals surface area (Å²) in [5.74, 6) is 1.53. The van der Waals surface area contributed by atoms with Crippen LogP contribution in [0.3, 0.4) is 0 Å². The highest BCUT2D eigenvalue weighted by Gasteiger charge is 2.04. The summed E-state index contributed by atoms with van der Waals surface area (Å²) in [7, 11) is 0. The molecular weight excluding hydrogens is 262 g/mol. The zero-order valence-electron chi connectivity index (χ0n) is 12.1. The Morgan fingerprint density at radius 1 is 1.14 bits per heavy atom. The maximum Gasteiger partial charge on any atom is 0.181 e. The van der Waals surface area contributed by atoms with E-state index in [0.717, 1.165) is 34.9 Å². The van der Waals surface area contributed by atoms with Crippen LogP contribution >= 0.6 is 0 Å². The van der Waals surface area contributed by atoms with E-state index in [2.05, 4.69) is 31.5 Å². The van der Waals surface area contributed by atoms with Gasteiger partial charge in [-0.25, -0.2) is 4.98 Å². The normalized spacial score (nSPS) is 10.6. The highest BCUT2D eigenvalue weighted by atomic mass is 15.2. The Labute approximate surface area is 123 Å². The van der Waals surface area contributed by atoms with Crippen molar-refractivity contribution in [3.63, 3.8) is 0 Å². The first-order chi connectivity index (χ1) is 10.2. The van der Waals surface area contributed by atoms with E-state index in [0.29, 0.717) is 5.82 Å². The number of H-pyrrole nitrogens is 1. The van der Waals surface area contributed by atoms with E-state index >= 15 is 0 Å². The van der Waals surface area contributed by atoms with Crippen LogP contribution in [0.25, 0.3) is 11.4 Å². The van der Waals surface area contributed by atoms with Gasteiger partial charge in [-0.2, -0.15) is 5.10 Å². The number of nitrogens with one attached hydrogen (secondary N) is 2. The molecule has 0 radical (unpaired) electrons. The van der Waals surface area contributed by atoms with Crippen molar-refractivity contribution in [2.75, 3.05) is 5.32 Å². The van der Waals surface area contributed by atoms with Crippen molar-refractivity contribution in [3.05, 3.63) is 59.7 Å². The summed E-state index contributed by atoms with van der Waals surface area (Å²) in [6, 6.07) is 12.2. The number of anilines is 1. The molecule has 0 saturated carbocycles. The van der Waals surface area contributed by atoms with Crippen LogP contribution < -0.4 is 5.32 Å². The topological polar surface area (TPSA) is 66.5 Å². The Kier molecular flexibility index (Phi) is 3.64. The van der Waals surface area contributed by atoms with Crippen LogP contribution in [-0.2, 0) is 6.54 Å². The number of benzene rings is 1. The first kappa shape index (κ1) is 13.3. The highest BCUT2D eigenvalue weighted by Crippen LogP contribution is 2.19. The molecule has 0 saturated heterocycles. The predicted octanol–water partition coefficient (Wildman–Crippen LogP) is 3.10. The van der Waals surface area contributed by atoms with E-state index in [4.69, 9.17) is 0 Å². The van der Waals surface area contributed by atoms with Crippen LogP contribution in [-0.4, -0.2) is 20.2 Å². The quantitative estimate of drug-likeness (QED) is 0.770. The molecule has 2 heterocycles. The molecule has 1 aromatic carbocycles. The SMILES string of the molecule is Cc1ccc(CNc2cccc(-c3n[nH]c(C)n3)c2)cn1. The molecule has 0 spiro atoms. The third-order valence-corrected chi connectivity index (χ3v) is 3.19. The summed E-state index contributed by atoms with van der Waals surface area (Å²) in [4.78, 5) is 8.64. The van der Waals surface area contributed by atoms with Crippen molar-refractivity contribution in [2.24, 2.45) is 0 Å². The molecule has 106 valence electrons. The molecule has 0 fully saturated rings. The largest absolute Gasteiger partial charge is 0.381 e. The van der Waals surface area contributed by atoms with E-state index < -0.39 is 0 Å². The molecule has 21 heavy (non-hydrogen) atoms. The molecule has 0 bridgehead atoms.